The normalized spacial score (nSPS) is 14.8. The van der Waals surface area contributed by atoms with E-state index in [9.17, 15) is 4.79 Å². The van der Waals surface area contributed by atoms with E-state index in [1.54, 1.807) is 21.3 Å². The standard InChI is InChI=1S/C27H35N3O4/c1-5-30-18-21(24-14-22(32-2)8-9-25(24)30)17-29-12-10-19(11-13-29)27(31)28-16-20-6-7-23(33-3)15-26(20)34-4/h6-9,14-15,18-19H,5,10-13,16-17H2,1-4H3,(H,28,31). The van der Waals surface area contributed by atoms with E-state index < -0.39 is 0 Å². The van der Waals surface area contributed by atoms with Gasteiger partial charge in [0.15, 0.2) is 0 Å². The first-order valence-corrected chi connectivity index (χ1v) is 11.9. The number of piperidine rings is 1. The van der Waals surface area contributed by atoms with Gasteiger partial charge in [-0.05, 0) is 68.8 Å². The average Bonchev–Trinajstić information content (AvgIpc) is 3.24. The third-order valence-corrected chi connectivity index (χ3v) is 6.81. The van der Waals surface area contributed by atoms with Gasteiger partial charge in [0.05, 0.1) is 21.3 Å². The molecule has 2 aromatic carbocycles. The molecule has 1 aromatic heterocycles. The van der Waals surface area contributed by atoms with Crippen LogP contribution in [0, 0.1) is 5.92 Å². The number of nitrogens with one attached hydrogen (secondary N) is 1. The van der Waals surface area contributed by atoms with E-state index in [1.807, 2.05) is 24.3 Å². The number of fused-ring (bicyclic) bond motifs is 1. The number of carbonyl (C=O) groups is 1. The van der Waals surface area contributed by atoms with Gasteiger partial charge in [0.2, 0.25) is 5.91 Å². The second-order valence-corrected chi connectivity index (χ2v) is 8.77. The van der Waals surface area contributed by atoms with Crippen molar-refractivity contribution in [3.05, 3.63) is 53.7 Å². The van der Waals surface area contributed by atoms with Gasteiger partial charge < -0.3 is 24.1 Å². The number of rotatable bonds is 9. The summed E-state index contributed by atoms with van der Waals surface area (Å²) in [5.74, 6) is 2.49. The van der Waals surface area contributed by atoms with Crippen LogP contribution in [0.25, 0.3) is 10.9 Å². The van der Waals surface area contributed by atoms with Crippen LogP contribution in [0.3, 0.4) is 0 Å². The van der Waals surface area contributed by atoms with Crippen molar-refractivity contribution >= 4 is 16.8 Å². The summed E-state index contributed by atoms with van der Waals surface area (Å²) < 4.78 is 18.4. The molecular formula is C27H35N3O4. The lowest BCUT2D eigenvalue weighted by molar-refractivity contribution is -0.126. The first-order valence-electron chi connectivity index (χ1n) is 11.9. The maximum atomic E-state index is 12.8. The molecule has 1 saturated heterocycles. The molecule has 0 atom stereocenters. The van der Waals surface area contributed by atoms with Crippen molar-refractivity contribution in [3.63, 3.8) is 0 Å². The Hall–Kier alpha value is -3.19. The highest BCUT2D eigenvalue weighted by Gasteiger charge is 2.25. The highest BCUT2D eigenvalue weighted by molar-refractivity contribution is 5.85. The van der Waals surface area contributed by atoms with Crippen molar-refractivity contribution in [3.8, 4) is 17.2 Å². The number of likely N-dealkylation sites (tertiary alicyclic amines) is 1. The van der Waals surface area contributed by atoms with Crippen LogP contribution >= 0.6 is 0 Å². The van der Waals surface area contributed by atoms with Crippen LogP contribution in [0.5, 0.6) is 17.2 Å². The van der Waals surface area contributed by atoms with Crippen molar-refractivity contribution < 1.29 is 19.0 Å². The Bertz CT molecular complexity index is 1130. The number of ether oxygens (including phenoxy) is 3. The third kappa shape index (κ3) is 5.14. The molecule has 0 bridgehead atoms. The zero-order chi connectivity index (χ0) is 24.1. The highest BCUT2D eigenvalue weighted by atomic mass is 16.5. The number of carbonyl (C=O) groups excluding carboxylic acids is 1. The summed E-state index contributed by atoms with van der Waals surface area (Å²) in [6, 6.07) is 11.9. The molecule has 2 heterocycles. The zero-order valence-electron chi connectivity index (χ0n) is 20.6. The fraction of sp³-hybridized carbons (Fsp3) is 0.444. The Balaban J connectivity index is 1.33. The molecule has 7 heteroatoms. The van der Waals surface area contributed by atoms with E-state index in [0.717, 1.165) is 61.8 Å². The van der Waals surface area contributed by atoms with Crippen molar-refractivity contribution in [2.24, 2.45) is 5.92 Å². The molecule has 0 radical (unpaired) electrons. The number of aromatic nitrogens is 1. The summed E-state index contributed by atoms with van der Waals surface area (Å²) in [5, 5.41) is 4.34. The first kappa shape index (κ1) is 24.0. The number of hydrogen-bond acceptors (Lipinski definition) is 5. The van der Waals surface area contributed by atoms with Crippen molar-refractivity contribution in [2.45, 2.75) is 39.4 Å². The van der Waals surface area contributed by atoms with Gasteiger partial charge in [0.25, 0.3) is 0 Å². The van der Waals surface area contributed by atoms with Crippen LogP contribution in [0.15, 0.2) is 42.6 Å². The maximum absolute atomic E-state index is 12.8. The SMILES string of the molecule is CCn1cc(CN2CCC(C(=O)NCc3ccc(OC)cc3OC)CC2)c2cc(OC)ccc21. The summed E-state index contributed by atoms with van der Waals surface area (Å²) in [6.45, 7) is 6.25. The highest BCUT2D eigenvalue weighted by Crippen LogP contribution is 2.29. The molecule has 1 fully saturated rings. The lowest BCUT2D eigenvalue weighted by Gasteiger charge is -2.31. The third-order valence-electron chi connectivity index (χ3n) is 6.81. The van der Waals surface area contributed by atoms with Crippen LogP contribution < -0.4 is 19.5 Å². The van der Waals surface area contributed by atoms with Crippen LogP contribution in [0.2, 0.25) is 0 Å². The molecule has 3 aromatic rings. The van der Waals surface area contributed by atoms with E-state index in [-0.39, 0.29) is 11.8 Å². The summed E-state index contributed by atoms with van der Waals surface area (Å²) in [6.07, 6.45) is 3.98. The predicted octanol–water partition coefficient (Wildman–Crippen LogP) is 4.22. The van der Waals surface area contributed by atoms with Gasteiger partial charge in [0, 0.05) is 54.3 Å². The van der Waals surface area contributed by atoms with Gasteiger partial charge in [-0.1, -0.05) is 0 Å². The molecule has 1 aliphatic rings. The van der Waals surface area contributed by atoms with Crippen molar-refractivity contribution in [1.82, 2.24) is 14.8 Å². The van der Waals surface area contributed by atoms with Gasteiger partial charge >= 0.3 is 0 Å². The number of hydrogen-bond donors (Lipinski definition) is 1. The maximum Gasteiger partial charge on any atom is 0.223 e. The number of methoxy groups -OCH3 is 3. The van der Waals surface area contributed by atoms with Crippen LogP contribution in [-0.2, 0) is 24.4 Å². The van der Waals surface area contributed by atoms with Crippen LogP contribution in [0.1, 0.15) is 30.9 Å². The molecule has 1 amide bonds. The topological polar surface area (TPSA) is 65.0 Å². The molecular weight excluding hydrogens is 430 g/mol. The van der Waals surface area contributed by atoms with E-state index in [1.165, 1.54) is 16.5 Å². The van der Waals surface area contributed by atoms with Gasteiger partial charge in [-0.3, -0.25) is 9.69 Å². The predicted molar refractivity (Wildman–Crippen MR) is 134 cm³/mol. The number of benzene rings is 2. The Morgan fingerprint density at radius 2 is 1.68 bits per heavy atom. The minimum Gasteiger partial charge on any atom is -0.497 e. The zero-order valence-corrected chi connectivity index (χ0v) is 20.6. The largest absolute Gasteiger partial charge is 0.497 e. The van der Waals surface area contributed by atoms with Gasteiger partial charge in [-0.2, -0.15) is 0 Å². The summed E-state index contributed by atoms with van der Waals surface area (Å²) in [4.78, 5) is 15.3. The quantitative estimate of drug-likeness (QED) is 0.513. The fourth-order valence-corrected chi connectivity index (χ4v) is 4.78. The summed E-state index contributed by atoms with van der Waals surface area (Å²) >= 11 is 0. The van der Waals surface area contributed by atoms with Crippen LogP contribution in [0.4, 0.5) is 0 Å². The lowest BCUT2D eigenvalue weighted by atomic mass is 9.95. The molecule has 1 aliphatic heterocycles. The second kappa shape index (κ2) is 10.8. The molecule has 0 spiro atoms. The van der Waals surface area contributed by atoms with E-state index in [4.69, 9.17) is 14.2 Å². The number of aryl methyl sites for hydroxylation is 1. The fourth-order valence-electron chi connectivity index (χ4n) is 4.78. The minimum absolute atomic E-state index is 0.0394. The Labute approximate surface area is 201 Å². The summed E-state index contributed by atoms with van der Waals surface area (Å²) in [7, 11) is 4.96. The second-order valence-electron chi connectivity index (χ2n) is 8.77. The van der Waals surface area contributed by atoms with Crippen molar-refractivity contribution in [2.75, 3.05) is 34.4 Å². The van der Waals surface area contributed by atoms with Gasteiger partial charge in [-0.25, -0.2) is 0 Å². The number of amides is 1. The number of nitrogens with zero attached hydrogens (tertiary/aromatic N) is 2. The lowest BCUT2D eigenvalue weighted by Crippen LogP contribution is -2.40. The molecule has 7 nitrogen and oxygen atoms in total. The Morgan fingerprint density at radius 1 is 0.971 bits per heavy atom. The molecule has 1 N–H and O–H groups in total. The van der Waals surface area contributed by atoms with E-state index in [2.05, 4.69) is 40.0 Å². The van der Waals surface area contributed by atoms with Gasteiger partial charge in [-0.15, -0.1) is 0 Å². The Kier molecular flexibility index (Phi) is 7.63. The van der Waals surface area contributed by atoms with Crippen LogP contribution in [-0.4, -0.2) is 49.8 Å². The van der Waals surface area contributed by atoms with E-state index in [0.29, 0.717) is 6.54 Å². The smallest absolute Gasteiger partial charge is 0.223 e. The Morgan fingerprint density at radius 3 is 2.35 bits per heavy atom. The summed E-state index contributed by atoms with van der Waals surface area (Å²) in [5.41, 5.74) is 3.49. The molecule has 34 heavy (non-hydrogen) atoms. The first-order chi connectivity index (χ1) is 16.6. The minimum atomic E-state index is 0.0394. The molecule has 0 unspecified atom stereocenters. The molecule has 0 aliphatic carbocycles. The molecule has 0 saturated carbocycles. The monoisotopic (exact) mass is 465 g/mol. The average molecular weight is 466 g/mol. The molecule has 4 rings (SSSR count). The van der Waals surface area contributed by atoms with Gasteiger partial charge in [0.1, 0.15) is 17.2 Å². The van der Waals surface area contributed by atoms with Crippen molar-refractivity contribution in [1.29, 1.82) is 0 Å². The van der Waals surface area contributed by atoms with E-state index >= 15 is 0 Å². The molecule has 182 valence electrons.